The molecule has 0 saturated carbocycles. The minimum absolute atomic E-state index is 0.457. The topological polar surface area (TPSA) is 55.6 Å². The van der Waals surface area contributed by atoms with Gasteiger partial charge in [0.1, 0.15) is 12.1 Å². The lowest BCUT2D eigenvalue weighted by Crippen LogP contribution is -2.45. The molecule has 0 aromatic carbocycles. The van der Waals surface area contributed by atoms with E-state index >= 15 is 0 Å². The second-order valence-corrected chi connectivity index (χ2v) is 6.51. The van der Waals surface area contributed by atoms with Crippen molar-refractivity contribution in [3.8, 4) is 0 Å². The Kier molecular flexibility index (Phi) is 3.80. The van der Waals surface area contributed by atoms with Crippen molar-refractivity contribution in [2.75, 3.05) is 24.3 Å². The Hall–Kier alpha value is -1.34. The van der Waals surface area contributed by atoms with Crippen LogP contribution in [0.3, 0.4) is 0 Å². The molecule has 0 amide bonds. The number of rotatable bonds is 3. The van der Waals surface area contributed by atoms with E-state index < -0.39 is 0 Å². The van der Waals surface area contributed by atoms with Gasteiger partial charge in [0.05, 0.1) is 12.3 Å². The van der Waals surface area contributed by atoms with Gasteiger partial charge < -0.3 is 9.64 Å². The lowest BCUT2D eigenvalue weighted by Gasteiger charge is -2.38. The highest BCUT2D eigenvalue weighted by molar-refractivity contribution is 8.00. The van der Waals surface area contributed by atoms with Crippen molar-refractivity contribution in [2.24, 2.45) is 0 Å². The molecule has 6 nitrogen and oxygen atoms in total. The molecule has 0 N–H and O–H groups in total. The fourth-order valence-electron chi connectivity index (χ4n) is 2.53. The SMILES string of the molecule is COCc1cc(N2CCSC(C)C2C)n2ncnc2n1. The first-order chi connectivity index (χ1) is 9.70. The Morgan fingerprint density at radius 2 is 2.30 bits per heavy atom. The van der Waals surface area contributed by atoms with E-state index in [2.05, 4.69) is 39.9 Å². The smallest absolute Gasteiger partial charge is 0.254 e. The van der Waals surface area contributed by atoms with Gasteiger partial charge in [0.25, 0.3) is 5.78 Å². The van der Waals surface area contributed by atoms with Gasteiger partial charge in [-0.3, -0.25) is 0 Å². The normalized spacial score (nSPS) is 23.4. The number of nitrogens with zero attached hydrogens (tertiary/aromatic N) is 5. The molecule has 0 bridgehead atoms. The molecule has 2 unspecified atom stereocenters. The van der Waals surface area contributed by atoms with Crippen LogP contribution in [0.15, 0.2) is 12.4 Å². The van der Waals surface area contributed by atoms with Crippen LogP contribution in [0, 0.1) is 0 Å². The van der Waals surface area contributed by atoms with Crippen LogP contribution >= 0.6 is 11.8 Å². The molecule has 1 fully saturated rings. The standard InChI is InChI=1S/C13H19N5OS/c1-9-10(2)20-5-4-17(9)12-6-11(7-19-3)16-13-14-8-15-18(12)13/h6,8-10H,4-5,7H2,1-3H3. The molecule has 7 heteroatoms. The second kappa shape index (κ2) is 5.57. The van der Waals surface area contributed by atoms with Crippen LogP contribution in [-0.2, 0) is 11.3 Å². The van der Waals surface area contributed by atoms with Crippen molar-refractivity contribution in [2.45, 2.75) is 31.7 Å². The largest absolute Gasteiger partial charge is 0.378 e. The monoisotopic (exact) mass is 293 g/mol. The third-order valence-corrected chi connectivity index (χ3v) is 5.09. The zero-order valence-corrected chi connectivity index (χ0v) is 12.8. The molecule has 1 aliphatic rings. The van der Waals surface area contributed by atoms with Gasteiger partial charge in [-0.05, 0) is 6.92 Å². The summed E-state index contributed by atoms with van der Waals surface area (Å²) in [7, 11) is 1.68. The van der Waals surface area contributed by atoms with Gasteiger partial charge in [0.15, 0.2) is 0 Å². The summed E-state index contributed by atoms with van der Waals surface area (Å²) in [5.74, 6) is 2.82. The summed E-state index contributed by atoms with van der Waals surface area (Å²) < 4.78 is 7.02. The summed E-state index contributed by atoms with van der Waals surface area (Å²) in [6.07, 6.45) is 1.55. The maximum absolute atomic E-state index is 5.20. The van der Waals surface area contributed by atoms with Crippen molar-refractivity contribution in [3.63, 3.8) is 0 Å². The highest BCUT2D eigenvalue weighted by Gasteiger charge is 2.27. The first-order valence-electron chi connectivity index (χ1n) is 6.77. The van der Waals surface area contributed by atoms with Gasteiger partial charge >= 0.3 is 0 Å². The van der Waals surface area contributed by atoms with E-state index in [1.165, 1.54) is 0 Å². The van der Waals surface area contributed by atoms with E-state index in [4.69, 9.17) is 4.74 Å². The molecule has 3 heterocycles. The Bertz CT molecular complexity index is 601. The Morgan fingerprint density at radius 1 is 1.45 bits per heavy atom. The van der Waals surface area contributed by atoms with Crippen molar-refractivity contribution in [1.29, 1.82) is 0 Å². The van der Waals surface area contributed by atoms with E-state index in [0.29, 0.717) is 23.7 Å². The minimum atomic E-state index is 0.457. The Labute approximate surface area is 122 Å². The van der Waals surface area contributed by atoms with Crippen molar-refractivity contribution < 1.29 is 4.74 Å². The molecule has 2 aromatic heterocycles. The Morgan fingerprint density at radius 3 is 3.10 bits per heavy atom. The van der Waals surface area contributed by atoms with Gasteiger partial charge in [-0.1, -0.05) is 6.92 Å². The lowest BCUT2D eigenvalue weighted by atomic mass is 10.2. The molecule has 2 aromatic rings. The molecule has 108 valence electrons. The number of anilines is 1. The van der Waals surface area contributed by atoms with Crippen molar-refractivity contribution >= 4 is 23.4 Å². The van der Waals surface area contributed by atoms with E-state index in [1.807, 2.05) is 16.3 Å². The summed E-state index contributed by atoms with van der Waals surface area (Å²) in [4.78, 5) is 11.1. The van der Waals surface area contributed by atoms with E-state index in [1.54, 1.807) is 13.4 Å². The maximum atomic E-state index is 5.20. The quantitative estimate of drug-likeness (QED) is 0.857. The van der Waals surface area contributed by atoms with Gasteiger partial charge in [-0.15, -0.1) is 0 Å². The van der Waals surface area contributed by atoms with Crippen LogP contribution in [0.2, 0.25) is 0 Å². The number of hydrogen-bond acceptors (Lipinski definition) is 6. The number of methoxy groups -OCH3 is 1. The molecule has 1 aliphatic heterocycles. The third-order valence-electron chi connectivity index (χ3n) is 3.76. The van der Waals surface area contributed by atoms with Crippen LogP contribution in [0.25, 0.3) is 5.78 Å². The Balaban J connectivity index is 2.06. The van der Waals surface area contributed by atoms with Crippen molar-refractivity contribution in [3.05, 3.63) is 18.1 Å². The number of aromatic nitrogens is 4. The summed E-state index contributed by atoms with van der Waals surface area (Å²) in [5.41, 5.74) is 0.890. The number of fused-ring (bicyclic) bond motifs is 1. The molecule has 0 radical (unpaired) electrons. The fourth-order valence-corrected chi connectivity index (χ4v) is 3.63. The van der Waals surface area contributed by atoms with Gasteiger partial charge in [0, 0.05) is 36.8 Å². The third kappa shape index (κ3) is 2.35. The number of ether oxygens (including phenoxy) is 1. The average molecular weight is 293 g/mol. The molecule has 0 spiro atoms. The second-order valence-electron chi connectivity index (χ2n) is 5.02. The van der Waals surface area contributed by atoms with Crippen molar-refractivity contribution in [1.82, 2.24) is 19.6 Å². The number of thioether (sulfide) groups is 1. The fraction of sp³-hybridized carbons (Fsp3) is 0.615. The van der Waals surface area contributed by atoms with Crippen LogP contribution in [0.1, 0.15) is 19.5 Å². The summed E-state index contributed by atoms with van der Waals surface area (Å²) >= 11 is 2.02. The molecule has 20 heavy (non-hydrogen) atoms. The maximum Gasteiger partial charge on any atom is 0.254 e. The van der Waals surface area contributed by atoms with E-state index in [-0.39, 0.29) is 0 Å². The molecule has 1 saturated heterocycles. The van der Waals surface area contributed by atoms with Crippen LogP contribution in [-0.4, -0.2) is 50.3 Å². The molecule has 0 aliphatic carbocycles. The summed E-state index contributed by atoms with van der Waals surface area (Å²) in [6.45, 7) is 6.04. The zero-order chi connectivity index (χ0) is 14.1. The molecular weight excluding hydrogens is 274 g/mol. The predicted molar refractivity (Wildman–Crippen MR) is 80.2 cm³/mol. The van der Waals surface area contributed by atoms with E-state index in [9.17, 15) is 0 Å². The predicted octanol–water partition coefficient (Wildman–Crippen LogP) is 1.60. The highest BCUT2D eigenvalue weighted by Crippen LogP contribution is 2.29. The highest BCUT2D eigenvalue weighted by atomic mass is 32.2. The van der Waals surface area contributed by atoms with Crippen LogP contribution in [0.5, 0.6) is 0 Å². The lowest BCUT2D eigenvalue weighted by molar-refractivity contribution is 0.181. The van der Waals surface area contributed by atoms with Crippen LogP contribution < -0.4 is 4.90 Å². The van der Waals surface area contributed by atoms with Gasteiger partial charge in [0.2, 0.25) is 0 Å². The summed E-state index contributed by atoms with van der Waals surface area (Å²) in [6, 6.07) is 2.52. The molecule has 2 atom stereocenters. The van der Waals surface area contributed by atoms with Gasteiger partial charge in [-0.2, -0.15) is 26.4 Å². The summed E-state index contributed by atoms with van der Waals surface area (Å²) in [5, 5.41) is 4.91. The van der Waals surface area contributed by atoms with E-state index in [0.717, 1.165) is 23.8 Å². The zero-order valence-electron chi connectivity index (χ0n) is 12.0. The van der Waals surface area contributed by atoms with Gasteiger partial charge in [-0.25, -0.2) is 4.98 Å². The first-order valence-corrected chi connectivity index (χ1v) is 7.82. The molecular formula is C13H19N5OS. The molecule has 3 rings (SSSR count). The minimum Gasteiger partial charge on any atom is -0.378 e. The van der Waals surface area contributed by atoms with Crippen LogP contribution in [0.4, 0.5) is 5.82 Å². The average Bonchev–Trinajstić information content (AvgIpc) is 2.90. The number of hydrogen-bond donors (Lipinski definition) is 0. The first kappa shape index (κ1) is 13.6.